The molecule has 0 spiro atoms. The molecule has 0 aliphatic heterocycles. The van der Waals surface area contributed by atoms with E-state index in [0.29, 0.717) is 12.0 Å². The van der Waals surface area contributed by atoms with Crippen LogP contribution in [0.25, 0.3) is 0 Å². The molecule has 0 saturated heterocycles. The van der Waals surface area contributed by atoms with Crippen LogP contribution in [0.3, 0.4) is 0 Å². The monoisotopic (exact) mass is 284 g/mol. The predicted molar refractivity (Wildman–Crippen MR) is 66.3 cm³/mol. The zero-order chi connectivity index (χ0) is 11.5. The van der Waals surface area contributed by atoms with Crippen molar-refractivity contribution in [2.24, 2.45) is 11.8 Å². The summed E-state index contributed by atoms with van der Waals surface area (Å²) >= 11 is 3.40. The molecule has 88 valence electrons. The zero-order valence-electron chi connectivity index (χ0n) is 9.69. The molecule has 1 aromatic heterocycles. The van der Waals surface area contributed by atoms with Crippen LogP contribution in [0.4, 0.5) is 0 Å². The van der Waals surface area contributed by atoms with Crippen molar-refractivity contribution in [2.45, 2.75) is 39.2 Å². The Labute approximate surface area is 105 Å². The molecule has 2 unspecified atom stereocenters. The Hall–Kier alpha value is -0.640. The minimum Gasteiger partial charge on any atom is -0.473 e. The first-order valence-corrected chi connectivity index (χ1v) is 6.56. The second-order valence-electron chi connectivity index (χ2n) is 4.83. The fourth-order valence-electron chi connectivity index (χ4n) is 2.52. The highest BCUT2D eigenvalue weighted by molar-refractivity contribution is 9.10. The van der Waals surface area contributed by atoms with Crippen LogP contribution in [-0.2, 0) is 0 Å². The molecule has 3 nitrogen and oxygen atoms in total. The van der Waals surface area contributed by atoms with Gasteiger partial charge in [-0.25, -0.2) is 9.97 Å². The topological polar surface area (TPSA) is 35.0 Å². The molecule has 4 heteroatoms. The van der Waals surface area contributed by atoms with Crippen LogP contribution >= 0.6 is 15.9 Å². The molecule has 1 fully saturated rings. The second kappa shape index (κ2) is 5.13. The first-order chi connectivity index (χ1) is 7.65. The molecule has 0 N–H and O–H groups in total. The van der Waals surface area contributed by atoms with Gasteiger partial charge in [-0.15, -0.1) is 0 Å². The van der Waals surface area contributed by atoms with E-state index in [1.807, 2.05) is 0 Å². The van der Waals surface area contributed by atoms with Crippen LogP contribution in [0.1, 0.15) is 33.1 Å². The lowest BCUT2D eigenvalue weighted by atomic mass is 9.82. The summed E-state index contributed by atoms with van der Waals surface area (Å²) in [7, 11) is 0. The fraction of sp³-hybridized carbons (Fsp3) is 0.667. The summed E-state index contributed by atoms with van der Waals surface area (Å²) in [6.07, 6.45) is 7.10. The minimum absolute atomic E-state index is 0.296. The predicted octanol–water partition coefficient (Wildman–Crippen LogP) is 3.44. The van der Waals surface area contributed by atoms with E-state index in [4.69, 9.17) is 4.74 Å². The first-order valence-electron chi connectivity index (χ1n) is 5.77. The van der Waals surface area contributed by atoms with Crippen LogP contribution in [0, 0.1) is 11.8 Å². The summed E-state index contributed by atoms with van der Waals surface area (Å²) in [5.41, 5.74) is 0. The highest BCUT2D eigenvalue weighted by Crippen LogP contribution is 2.32. The molecule has 1 heterocycles. The van der Waals surface area contributed by atoms with Gasteiger partial charge >= 0.3 is 0 Å². The molecule has 16 heavy (non-hydrogen) atoms. The third-order valence-electron chi connectivity index (χ3n) is 3.05. The van der Waals surface area contributed by atoms with Crippen LogP contribution in [-0.4, -0.2) is 16.1 Å². The van der Waals surface area contributed by atoms with Gasteiger partial charge in [-0.05, 0) is 47.0 Å². The third kappa shape index (κ3) is 2.94. The van der Waals surface area contributed by atoms with E-state index < -0.39 is 0 Å². The van der Waals surface area contributed by atoms with Gasteiger partial charge < -0.3 is 4.74 Å². The number of ether oxygens (including phenoxy) is 1. The Morgan fingerprint density at radius 1 is 1.25 bits per heavy atom. The molecular formula is C12H17BrN2O. The number of aromatic nitrogens is 2. The summed E-state index contributed by atoms with van der Waals surface area (Å²) in [6, 6.07) is 0. The van der Waals surface area contributed by atoms with E-state index in [2.05, 4.69) is 39.7 Å². The smallest absolute Gasteiger partial charge is 0.231 e. The van der Waals surface area contributed by atoms with E-state index in [1.165, 1.54) is 12.7 Å². The quantitative estimate of drug-likeness (QED) is 0.835. The van der Waals surface area contributed by atoms with Gasteiger partial charge in [0.15, 0.2) is 0 Å². The molecule has 1 aliphatic rings. The van der Waals surface area contributed by atoms with Crippen molar-refractivity contribution < 1.29 is 4.74 Å². The van der Waals surface area contributed by atoms with E-state index in [0.717, 1.165) is 29.2 Å². The van der Waals surface area contributed by atoms with Crippen LogP contribution in [0.5, 0.6) is 5.88 Å². The molecule has 2 atom stereocenters. The van der Waals surface area contributed by atoms with Crippen LogP contribution in [0.2, 0.25) is 0 Å². The molecule has 1 aliphatic carbocycles. The normalized spacial score (nSPS) is 30.1. The van der Waals surface area contributed by atoms with Gasteiger partial charge in [0.1, 0.15) is 12.4 Å². The lowest BCUT2D eigenvalue weighted by molar-refractivity contribution is 0.0957. The van der Waals surface area contributed by atoms with Crippen LogP contribution in [0.15, 0.2) is 17.0 Å². The van der Waals surface area contributed by atoms with Gasteiger partial charge in [-0.1, -0.05) is 13.8 Å². The van der Waals surface area contributed by atoms with Gasteiger partial charge in [-0.2, -0.15) is 0 Å². The highest BCUT2D eigenvalue weighted by atomic mass is 79.9. The highest BCUT2D eigenvalue weighted by Gasteiger charge is 2.25. The number of nitrogens with zero attached hydrogens (tertiary/aromatic N) is 2. The maximum Gasteiger partial charge on any atom is 0.231 e. The Kier molecular flexibility index (Phi) is 3.79. The zero-order valence-corrected chi connectivity index (χ0v) is 11.3. The SMILES string of the molecule is CC1CC(C)CC(Oc2ncncc2Br)C1. The van der Waals surface area contributed by atoms with Gasteiger partial charge in [-0.3, -0.25) is 0 Å². The van der Waals surface area contributed by atoms with Crippen molar-refractivity contribution in [1.29, 1.82) is 0 Å². The Morgan fingerprint density at radius 2 is 1.94 bits per heavy atom. The lowest BCUT2D eigenvalue weighted by Gasteiger charge is -2.31. The largest absolute Gasteiger partial charge is 0.473 e. The van der Waals surface area contributed by atoms with Crippen molar-refractivity contribution >= 4 is 15.9 Å². The summed E-state index contributed by atoms with van der Waals surface area (Å²) in [4.78, 5) is 8.07. The molecule has 0 radical (unpaired) electrons. The minimum atomic E-state index is 0.296. The summed E-state index contributed by atoms with van der Waals surface area (Å²) in [5.74, 6) is 2.16. The average Bonchev–Trinajstić information content (AvgIpc) is 2.20. The number of rotatable bonds is 2. The lowest BCUT2D eigenvalue weighted by Crippen LogP contribution is -2.28. The molecule has 0 aromatic carbocycles. The van der Waals surface area contributed by atoms with Gasteiger partial charge in [0.2, 0.25) is 5.88 Å². The van der Waals surface area contributed by atoms with E-state index >= 15 is 0 Å². The Bertz CT molecular complexity index is 349. The summed E-state index contributed by atoms with van der Waals surface area (Å²) in [6.45, 7) is 4.59. The van der Waals surface area contributed by atoms with Crippen molar-refractivity contribution in [3.05, 3.63) is 17.0 Å². The Balaban J connectivity index is 2.02. The second-order valence-corrected chi connectivity index (χ2v) is 5.69. The molecule has 1 aromatic rings. The van der Waals surface area contributed by atoms with E-state index in [1.54, 1.807) is 6.20 Å². The number of halogens is 1. The van der Waals surface area contributed by atoms with E-state index in [-0.39, 0.29) is 0 Å². The summed E-state index contributed by atoms with van der Waals surface area (Å²) in [5, 5.41) is 0. The molecule has 0 amide bonds. The Morgan fingerprint density at radius 3 is 2.56 bits per heavy atom. The fourth-order valence-corrected chi connectivity index (χ4v) is 2.83. The average molecular weight is 285 g/mol. The van der Waals surface area contributed by atoms with Gasteiger partial charge in [0, 0.05) is 6.20 Å². The maximum absolute atomic E-state index is 5.93. The van der Waals surface area contributed by atoms with Crippen molar-refractivity contribution in [2.75, 3.05) is 0 Å². The molecular weight excluding hydrogens is 268 g/mol. The van der Waals surface area contributed by atoms with Gasteiger partial charge in [0.25, 0.3) is 0 Å². The molecule has 0 bridgehead atoms. The molecule has 1 saturated carbocycles. The van der Waals surface area contributed by atoms with Crippen molar-refractivity contribution in [3.8, 4) is 5.88 Å². The number of hydrogen-bond acceptors (Lipinski definition) is 3. The maximum atomic E-state index is 5.93. The van der Waals surface area contributed by atoms with Crippen LogP contribution < -0.4 is 4.74 Å². The van der Waals surface area contributed by atoms with Crippen molar-refractivity contribution in [1.82, 2.24) is 9.97 Å². The molecule has 2 rings (SSSR count). The van der Waals surface area contributed by atoms with Crippen molar-refractivity contribution in [3.63, 3.8) is 0 Å². The van der Waals surface area contributed by atoms with E-state index in [9.17, 15) is 0 Å². The van der Waals surface area contributed by atoms with Gasteiger partial charge in [0.05, 0.1) is 4.47 Å². The first kappa shape index (κ1) is 11.8. The summed E-state index contributed by atoms with van der Waals surface area (Å²) < 4.78 is 6.76. The standard InChI is InChI=1S/C12H17BrN2O/c1-8-3-9(2)5-10(4-8)16-12-11(13)6-14-7-15-12/h6-10H,3-5H2,1-2H3. The number of hydrogen-bond donors (Lipinski definition) is 0. The third-order valence-corrected chi connectivity index (χ3v) is 3.59.